The molecule has 0 aliphatic carbocycles. The van der Waals surface area contributed by atoms with Crippen LogP contribution in [-0.4, -0.2) is 55.1 Å². The Balaban J connectivity index is 1.68. The smallest absolute Gasteiger partial charge is 0.327 e. The number of hydrogen-bond acceptors (Lipinski definition) is 10. The van der Waals surface area contributed by atoms with Crippen molar-refractivity contribution in [1.82, 2.24) is 19.5 Å². The summed E-state index contributed by atoms with van der Waals surface area (Å²) < 4.78 is 24.8. The molecule has 0 saturated carbocycles. The highest BCUT2D eigenvalue weighted by Gasteiger charge is 2.59. The van der Waals surface area contributed by atoms with Gasteiger partial charge in [-0.3, -0.25) is 9.09 Å². The Morgan fingerprint density at radius 3 is 2.96 bits per heavy atom. The van der Waals surface area contributed by atoms with Gasteiger partial charge in [0.2, 0.25) is 0 Å². The van der Waals surface area contributed by atoms with E-state index in [1.54, 1.807) is 11.5 Å². The van der Waals surface area contributed by atoms with Crippen molar-refractivity contribution in [2.75, 3.05) is 12.3 Å². The molecule has 2 aliphatic rings. The molecule has 2 aromatic heterocycles. The van der Waals surface area contributed by atoms with E-state index in [1.807, 2.05) is 13.8 Å². The average molecular weight is 401 g/mol. The number of imidazole rings is 1. The largest absolute Gasteiger partial charge is 0.383 e. The van der Waals surface area contributed by atoms with Gasteiger partial charge in [0.05, 0.1) is 19.0 Å². The number of nitrogens with zero attached hydrogens (tertiary/aromatic N) is 4. The van der Waals surface area contributed by atoms with Gasteiger partial charge in [0.15, 0.2) is 17.7 Å². The summed E-state index contributed by atoms with van der Waals surface area (Å²) in [5.41, 5.74) is 5.32. The molecular weight excluding hydrogens is 381 g/mol. The number of aliphatic hydroxyl groups is 1. The lowest BCUT2D eigenvalue weighted by molar-refractivity contribution is -0.0894. The van der Waals surface area contributed by atoms with Crippen LogP contribution in [0.15, 0.2) is 12.7 Å². The molecule has 2 fully saturated rings. The molecule has 0 spiro atoms. The third-order valence-corrected chi connectivity index (χ3v) is 6.80. The first-order valence-corrected chi connectivity index (χ1v) is 10.7. The zero-order valence-corrected chi connectivity index (χ0v) is 16.2. The van der Waals surface area contributed by atoms with Crippen molar-refractivity contribution in [3.63, 3.8) is 0 Å². The first-order valence-electron chi connectivity index (χ1n) is 8.13. The van der Waals surface area contributed by atoms with Gasteiger partial charge in [-0.1, -0.05) is 0 Å². The standard InChI is InChI=1S/C14H20N5O5PS/c1-7(2)23-25(26)21-4-8-10(24-25)14(3,20)13(22-8)19-6-18-9-11(15)16-5-17-12(9)19/h5-8,10,13,20H,4H2,1-3H3,(H2,15,16,17)/t8-,10-,13-,14-,25?/m1/s1. The van der Waals surface area contributed by atoms with Gasteiger partial charge in [-0.2, -0.15) is 0 Å². The lowest BCUT2D eigenvalue weighted by Crippen LogP contribution is -2.47. The van der Waals surface area contributed by atoms with Gasteiger partial charge < -0.3 is 24.6 Å². The van der Waals surface area contributed by atoms with Crippen molar-refractivity contribution in [1.29, 1.82) is 0 Å². The van der Waals surface area contributed by atoms with E-state index in [0.29, 0.717) is 11.2 Å². The van der Waals surface area contributed by atoms with Gasteiger partial charge in [0.25, 0.3) is 0 Å². The lowest BCUT2D eigenvalue weighted by Gasteiger charge is -2.37. The monoisotopic (exact) mass is 401 g/mol. The Morgan fingerprint density at radius 1 is 1.46 bits per heavy atom. The molecule has 4 heterocycles. The number of anilines is 1. The summed E-state index contributed by atoms with van der Waals surface area (Å²) in [6.45, 7) is 2.54. The third-order valence-electron chi connectivity index (χ3n) is 4.34. The minimum atomic E-state index is -2.96. The Morgan fingerprint density at radius 2 is 2.23 bits per heavy atom. The van der Waals surface area contributed by atoms with E-state index in [2.05, 4.69) is 15.0 Å². The highest BCUT2D eigenvalue weighted by molar-refractivity contribution is 8.07. The Bertz CT molecular complexity index is 890. The molecule has 0 amide bonds. The highest BCUT2D eigenvalue weighted by Crippen LogP contribution is 2.59. The summed E-state index contributed by atoms with van der Waals surface area (Å²) in [5.74, 6) is 0.254. The summed E-state index contributed by atoms with van der Waals surface area (Å²) >= 11 is 5.41. The number of nitrogen functional groups attached to an aromatic ring is 1. The van der Waals surface area contributed by atoms with Gasteiger partial charge in [-0.25, -0.2) is 15.0 Å². The molecule has 0 aromatic carbocycles. The maximum atomic E-state index is 11.2. The fourth-order valence-corrected chi connectivity index (χ4v) is 5.85. The molecule has 2 aromatic rings. The van der Waals surface area contributed by atoms with Gasteiger partial charge in [-0.05, 0) is 32.6 Å². The van der Waals surface area contributed by atoms with Gasteiger partial charge in [0.1, 0.15) is 29.7 Å². The van der Waals surface area contributed by atoms with Crippen LogP contribution in [0.1, 0.15) is 27.0 Å². The molecule has 1 unspecified atom stereocenters. The molecule has 0 bridgehead atoms. The van der Waals surface area contributed by atoms with Crippen LogP contribution in [-0.2, 0) is 30.1 Å². The maximum Gasteiger partial charge on any atom is 0.327 e. The molecule has 2 aliphatic heterocycles. The van der Waals surface area contributed by atoms with Crippen LogP contribution in [0, 0.1) is 0 Å². The quantitative estimate of drug-likeness (QED) is 0.722. The van der Waals surface area contributed by atoms with Crippen molar-refractivity contribution >= 4 is 35.5 Å². The molecule has 12 heteroatoms. The number of ether oxygens (including phenoxy) is 1. The van der Waals surface area contributed by atoms with E-state index < -0.39 is 30.8 Å². The van der Waals surface area contributed by atoms with E-state index in [4.69, 9.17) is 35.8 Å². The number of fused-ring (bicyclic) bond motifs is 2. The topological polar surface area (TPSA) is 127 Å². The summed E-state index contributed by atoms with van der Waals surface area (Å²) in [7, 11) is 0. The molecule has 10 nitrogen and oxygen atoms in total. The van der Waals surface area contributed by atoms with E-state index in [9.17, 15) is 5.11 Å². The second-order valence-corrected chi connectivity index (χ2v) is 9.67. The highest BCUT2D eigenvalue weighted by atomic mass is 32.5. The second-order valence-electron chi connectivity index (χ2n) is 6.76. The van der Waals surface area contributed by atoms with Crippen LogP contribution in [0.4, 0.5) is 5.82 Å². The zero-order chi connectivity index (χ0) is 18.7. The predicted molar refractivity (Wildman–Crippen MR) is 95.6 cm³/mol. The number of aromatic nitrogens is 4. The van der Waals surface area contributed by atoms with E-state index in [0.717, 1.165) is 0 Å². The van der Waals surface area contributed by atoms with Crippen molar-refractivity contribution in [2.45, 2.75) is 50.9 Å². The van der Waals surface area contributed by atoms with Crippen molar-refractivity contribution in [3.05, 3.63) is 12.7 Å². The fourth-order valence-electron chi connectivity index (χ4n) is 3.23. The summed E-state index contributed by atoms with van der Waals surface area (Å²) in [4.78, 5) is 12.3. The number of hydrogen-bond donors (Lipinski definition) is 2. The SMILES string of the molecule is CC(C)OP1(=S)OC[C@H]2O[C@@H](n3cnc4c(N)ncnc43)[C@](C)(O)[C@@H]2O1. The Hall–Kier alpha value is -1.20. The predicted octanol–water partition coefficient (Wildman–Crippen LogP) is 1.12. The summed E-state index contributed by atoms with van der Waals surface area (Å²) in [6, 6.07) is 0. The summed E-state index contributed by atoms with van der Waals surface area (Å²) in [6.07, 6.45) is 0.676. The van der Waals surface area contributed by atoms with Gasteiger partial charge >= 0.3 is 6.72 Å². The lowest BCUT2D eigenvalue weighted by atomic mass is 9.96. The third kappa shape index (κ3) is 2.84. The molecule has 142 valence electrons. The number of rotatable bonds is 3. The van der Waals surface area contributed by atoms with Crippen molar-refractivity contribution in [2.24, 2.45) is 0 Å². The van der Waals surface area contributed by atoms with Crippen LogP contribution in [0.25, 0.3) is 11.2 Å². The van der Waals surface area contributed by atoms with Crippen LogP contribution < -0.4 is 5.73 Å². The van der Waals surface area contributed by atoms with Crippen LogP contribution in [0.5, 0.6) is 0 Å². The molecule has 3 N–H and O–H groups in total. The van der Waals surface area contributed by atoms with Crippen molar-refractivity contribution < 1.29 is 23.4 Å². The van der Waals surface area contributed by atoms with Crippen molar-refractivity contribution in [3.8, 4) is 0 Å². The molecule has 5 atom stereocenters. The first kappa shape index (κ1) is 18.2. The fraction of sp³-hybridized carbons (Fsp3) is 0.643. The first-order chi connectivity index (χ1) is 12.2. The molecule has 26 heavy (non-hydrogen) atoms. The summed E-state index contributed by atoms with van der Waals surface area (Å²) in [5, 5.41) is 11.2. The maximum absolute atomic E-state index is 11.2. The van der Waals surface area contributed by atoms with E-state index in [1.165, 1.54) is 12.7 Å². The van der Waals surface area contributed by atoms with E-state index in [-0.39, 0.29) is 18.5 Å². The molecule has 0 radical (unpaired) electrons. The molecule has 2 saturated heterocycles. The Labute approximate surface area is 154 Å². The molecular formula is C14H20N5O5PS. The van der Waals surface area contributed by atoms with Gasteiger partial charge in [-0.15, -0.1) is 0 Å². The van der Waals surface area contributed by atoms with E-state index >= 15 is 0 Å². The van der Waals surface area contributed by atoms with Crippen LogP contribution in [0.3, 0.4) is 0 Å². The minimum absolute atomic E-state index is 0.155. The van der Waals surface area contributed by atoms with Crippen LogP contribution >= 0.6 is 6.72 Å². The second kappa shape index (κ2) is 6.16. The normalized spacial score (nSPS) is 37.3. The number of nitrogens with two attached hydrogens (primary N) is 1. The minimum Gasteiger partial charge on any atom is -0.383 e. The van der Waals surface area contributed by atoms with Gasteiger partial charge in [0, 0.05) is 0 Å². The Kier molecular flexibility index (Phi) is 4.31. The van der Waals surface area contributed by atoms with Crippen LogP contribution in [0.2, 0.25) is 0 Å². The molecule has 4 rings (SSSR count). The zero-order valence-electron chi connectivity index (χ0n) is 14.5. The average Bonchev–Trinajstić information content (AvgIpc) is 3.07.